The first-order valence-corrected chi connectivity index (χ1v) is 5.90. The highest BCUT2D eigenvalue weighted by Crippen LogP contribution is 2.20. The van der Waals surface area contributed by atoms with E-state index in [1.165, 1.54) is 16.7 Å². The molecule has 0 saturated carbocycles. The van der Waals surface area contributed by atoms with Crippen LogP contribution in [-0.4, -0.2) is 4.98 Å². The Labute approximate surface area is 106 Å². The van der Waals surface area contributed by atoms with Crippen LogP contribution in [0, 0.1) is 13.8 Å². The molecule has 2 rings (SSSR count). The molecule has 0 bridgehead atoms. The fourth-order valence-electron chi connectivity index (χ4n) is 1.77. The molecule has 2 aromatic rings. The van der Waals surface area contributed by atoms with Crippen molar-refractivity contribution in [3.63, 3.8) is 0 Å². The van der Waals surface area contributed by atoms with Crippen molar-refractivity contribution < 1.29 is 0 Å². The van der Waals surface area contributed by atoms with E-state index in [9.17, 15) is 0 Å². The van der Waals surface area contributed by atoms with E-state index in [-0.39, 0.29) is 0 Å². The van der Waals surface area contributed by atoms with Crippen LogP contribution < -0.4 is 5.73 Å². The fourth-order valence-corrected chi connectivity index (χ4v) is 1.95. The van der Waals surface area contributed by atoms with Gasteiger partial charge in [0, 0.05) is 18.2 Å². The third kappa shape index (κ3) is 2.77. The van der Waals surface area contributed by atoms with Crippen molar-refractivity contribution in [2.75, 3.05) is 5.73 Å². The second-order valence-corrected chi connectivity index (χ2v) is 4.73. The molecule has 0 aliphatic heterocycles. The van der Waals surface area contributed by atoms with Crippen LogP contribution in [0.5, 0.6) is 0 Å². The van der Waals surface area contributed by atoms with E-state index >= 15 is 0 Å². The van der Waals surface area contributed by atoms with Gasteiger partial charge in [-0.25, -0.2) is 4.98 Å². The van der Waals surface area contributed by atoms with E-state index in [4.69, 9.17) is 17.3 Å². The molecule has 0 amide bonds. The van der Waals surface area contributed by atoms with Gasteiger partial charge in [0.1, 0.15) is 5.82 Å². The van der Waals surface area contributed by atoms with Gasteiger partial charge in [0.15, 0.2) is 0 Å². The van der Waals surface area contributed by atoms with Gasteiger partial charge in [-0.3, -0.25) is 0 Å². The lowest BCUT2D eigenvalue weighted by molar-refractivity contribution is 1.14. The lowest BCUT2D eigenvalue weighted by Gasteiger charge is -2.07. The Morgan fingerprint density at radius 2 is 1.94 bits per heavy atom. The molecule has 0 fully saturated rings. The second-order valence-electron chi connectivity index (χ2n) is 4.29. The summed E-state index contributed by atoms with van der Waals surface area (Å²) in [5.41, 5.74) is 10.6. The molecule has 2 N–H and O–H groups in total. The van der Waals surface area contributed by atoms with Crippen LogP contribution in [0.25, 0.3) is 0 Å². The highest BCUT2D eigenvalue weighted by molar-refractivity contribution is 6.30. The van der Waals surface area contributed by atoms with Gasteiger partial charge in [-0.1, -0.05) is 29.8 Å². The average molecular weight is 247 g/mol. The fraction of sp³-hybridized carbons (Fsp3) is 0.214. The largest absolute Gasteiger partial charge is 0.383 e. The zero-order valence-corrected chi connectivity index (χ0v) is 10.8. The molecular formula is C14H15ClN2. The highest BCUT2D eigenvalue weighted by atomic mass is 35.5. The van der Waals surface area contributed by atoms with Gasteiger partial charge in [0.2, 0.25) is 0 Å². The maximum absolute atomic E-state index is 5.92. The maximum atomic E-state index is 5.92. The summed E-state index contributed by atoms with van der Waals surface area (Å²) in [5.74, 6) is 0.549. The van der Waals surface area contributed by atoms with Crippen LogP contribution >= 0.6 is 11.6 Å². The second kappa shape index (κ2) is 4.76. The molecule has 0 aliphatic rings. The SMILES string of the molecule is Cc1ccc(Cc2cc(Cl)cnc2N)cc1C. The molecule has 1 aromatic carbocycles. The Hall–Kier alpha value is -1.54. The van der Waals surface area contributed by atoms with Crippen LogP contribution in [0.3, 0.4) is 0 Å². The summed E-state index contributed by atoms with van der Waals surface area (Å²) < 4.78 is 0. The Morgan fingerprint density at radius 3 is 2.65 bits per heavy atom. The number of anilines is 1. The Morgan fingerprint density at radius 1 is 1.18 bits per heavy atom. The molecule has 17 heavy (non-hydrogen) atoms. The van der Waals surface area contributed by atoms with E-state index in [1.54, 1.807) is 6.20 Å². The number of nitrogen functional groups attached to an aromatic ring is 1. The standard InChI is InChI=1S/C14H15ClN2/c1-9-3-4-11(5-10(9)2)6-12-7-13(15)8-17-14(12)16/h3-5,7-8H,6H2,1-2H3,(H2,16,17). The first kappa shape index (κ1) is 11.9. The van der Waals surface area contributed by atoms with Crippen molar-refractivity contribution in [2.45, 2.75) is 20.3 Å². The molecular weight excluding hydrogens is 232 g/mol. The highest BCUT2D eigenvalue weighted by Gasteiger charge is 2.04. The van der Waals surface area contributed by atoms with E-state index in [1.807, 2.05) is 6.07 Å². The Balaban J connectivity index is 2.31. The van der Waals surface area contributed by atoms with Gasteiger partial charge < -0.3 is 5.73 Å². The molecule has 3 heteroatoms. The first-order chi connectivity index (χ1) is 8.06. The van der Waals surface area contributed by atoms with Gasteiger partial charge in [0.05, 0.1) is 5.02 Å². The van der Waals surface area contributed by atoms with Gasteiger partial charge >= 0.3 is 0 Å². The third-order valence-corrected chi connectivity index (χ3v) is 3.14. The van der Waals surface area contributed by atoms with Gasteiger partial charge in [-0.2, -0.15) is 0 Å². The zero-order chi connectivity index (χ0) is 12.4. The summed E-state index contributed by atoms with van der Waals surface area (Å²) in [6, 6.07) is 8.29. The van der Waals surface area contributed by atoms with E-state index in [0.29, 0.717) is 10.8 Å². The van der Waals surface area contributed by atoms with Crippen molar-refractivity contribution in [3.05, 3.63) is 57.7 Å². The van der Waals surface area contributed by atoms with Gasteiger partial charge in [-0.05, 0) is 36.6 Å². The predicted octanol–water partition coefficient (Wildman–Crippen LogP) is 3.52. The number of nitrogens with zero attached hydrogens (tertiary/aromatic N) is 1. The molecule has 0 unspecified atom stereocenters. The predicted molar refractivity (Wildman–Crippen MR) is 72.4 cm³/mol. The van der Waals surface area contributed by atoms with E-state index < -0.39 is 0 Å². The molecule has 0 aliphatic carbocycles. The van der Waals surface area contributed by atoms with Crippen molar-refractivity contribution in [1.82, 2.24) is 4.98 Å². The smallest absolute Gasteiger partial charge is 0.126 e. The number of hydrogen-bond donors (Lipinski definition) is 1. The van der Waals surface area contributed by atoms with Gasteiger partial charge in [-0.15, -0.1) is 0 Å². The van der Waals surface area contributed by atoms with Crippen molar-refractivity contribution >= 4 is 17.4 Å². The number of hydrogen-bond acceptors (Lipinski definition) is 2. The molecule has 1 heterocycles. The Bertz CT molecular complexity index is 550. The number of aromatic nitrogens is 1. The van der Waals surface area contributed by atoms with Crippen molar-refractivity contribution in [3.8, 4) is 0 Å². The number of benzene rings is 1. The monoisotopic (exact) mass is 246 g/mol. The molecule has 0 saturated heterocycles. The summed E-state index contributed by atoms with van der Waals surface area (Å²) in [7, 11) is 0. The number of pyridine rings is 1. The Kier molecular flexibility index (Phi) is 3.34. The molecule has 88 valence electrons. The minimum Gasteiger partial charge on any atom is -0.383 e. The molecule has 0 atom stereocenters. The van der Waals surface area contributed by atoms with Crippen LogP contribution in [0.15, 0.2) is 30.5 Å². The lowest BCUT2D eigenvalue weighted by atomic mass is 10.0. The van der Waals surface area contributed by atoms with Crippen LogP contribution in [0.4, 0.5) is 5.82 Å². The van der Waals surface area contributed by atoms with Crippen LogP contribution in [0.2, 0.25) is 5.02 Å². The van der Waals surface area contributed by atoms with Crippen LogP contribution in [0.1, 0.15) is 22.3 Å². The number of halogens is 1. The topological polar surface area (TPSA) is 38.9 Å². The molecule has 0 radical (unpaired) electrons. The summed E-state index contributed by atoms with van der Waals surface area (Å²) in [6.45, 7) is 4.22. The maximum Gasteiger partial charge on any atom is 0.126 e. The molecule has 2 nitrogen and oxygen atoms in total. The van der Waals surface area contributed by atoms with E-state index in [2.05, 4.69) is 37.0 Å². The number of aryl methyl sites for hydroxylation is 2. The van der Waals surface area contributed by atoms with E-state index in [0.717, 1.165) is 12.0 Å². The third-order valence-electron chi connectivity index (χ3n) is 2.93. The van der Waals surface area contributed by atoms with Gasteiger partial charge in [0.25, 0.3) is 0 Å². The number of nitrogens with two attached hydrogens (primary N) is 1. The summed E-state index contributed by atoms with van der Waals surface area (Å²) in [5, 5.41) is 0.623. The summed E-state index contributed by atoms with van der Waals surface area (Å²) in [6.07, 6.45) is 2.33. The minimum absolute atomic E-state index is 0.549. The minimum atomic E-state index is 0.549. The zero-order valence-electron chi connectivity index (χ0n) is 10.00. The normalized spacial score (nSPS) is 10.5. The summed E-state index contributed by atoms with van der Waals surface area (Å²) >= 11 is 5.92. The number of rotatable bonds is 2. The summed E-state index contributed by atoms with van der Waals surface area (Å²) in [4.78, 5) is 4.06. The van der Waals surface area contributed by atoms with Crippen molar-refractivity contribution in [1.29, 1.82) is 0 Å². The first-order valence-electron chi connectivity index (χ1n) is 5.52. The molecule has 1 aromatic heterocycles. The quantitative estimate of drug-likeness (QED) is 0.881. The lowest BCUT2D eigenvalue weighted by Crippen LogP contribution is -1.99. The average Bonchev–Trinajstić information content (AvgIpc) is 2.29. The van der Waals surface area contributed by atoms with Crippen molar-refractivity contribution in [2.24, 2.45) is 0 Å². The molecule has 0 spiro atoms. The van der Waals surface area contributed by atoms with Crippen LogP contribution in [-0.2, 0) is 6.42 Å².